The lowest BCUT2D eigenvalue weighted by atomic mass is 10.1. The summed E-state index contributed by atoms with van der Waals surface area (Å²) in [6, 6.07) is 6.15. The molecule has 2 aliphatic heterocycles. The number of rotatable bonds is 5. The SMILES string of the molecule is CN(C)Nc1ncnc(N2CCN(Cc3ccc4c(c3)OCO4)CC2)c1N. The largest absolute Gasteiger partial charge is 0.454 e. The lowest BCUT2D eigenvalue weighted by Crippen LogP contribution is -2.46. The number of ether oxygens (including phenoxy) is 2. The second kappa shape index (κ2) is 7.45. The third-order valence-corrected chi connectivity index (χ3v) is 4.71. The zero-order chi connectivity index (χ0) is 18.8. The molecule has 0 radical (unpaired) electrons. The lowest BCUT2D eigenvalue weighted by Gasteiger charge is -2.36. The van der Waals surface area contributed by atoms with Gasteiger partial charge in [-0.3, -0.25) is 4.90 Å². The minimum absolute atomic E-state index is 0.308. The summed E-state index contributed by atoms with van der Waals surface area (Å²) in [5.41, 5.74) is 11.2. The first-order chi connectivity index (χ1) is 13.1. The molecule has 0 spiro atoms. The van der Waals surface area contributed by atoms with Gasteiger partial charge in [-0.15, -0.1) is 0 Å². The minimum Gasteiger partial charge on any atom is -0.454 e. The molecule has 9 nitrogen and oxygen atoms in total. The van der Waals surface area contributed by atoms with E-state index in [1.165, 1.54) is 5.56 Å². The maximum Gasteiger partial charge on any atom is 0.231 e. The Balaban J connectivity index is 1.38. The molecule has 4 rings (SSSR count). The van der Waals surface area contributed by atoms with Gasteiger partial charge in [-0.1, -0.05) is 6.07 Å². The van der Waals surface area contributed by atoms with Gasteiger partial charge in [-0.05, 0) is 17.7 Å². The molecule has 0 bridgehead atoms. The Kier molecular flexibility index (Phi) is 4.87. The molecule has 1 saturated heterocycles. The molecule has 1 aromatic heterocycles. The highest BCUT2D eigenvalue weighted by atomic mass is 16.7. The number of piperazine rings is 1. The summed E-state index contributed by atoms with van der Waals surface area (Å²) < 4.78 is 10.8. The number of nitrogens with zero attached hydrogens (tertiary/aromatic N) is 5. The third-order valence-electron chi connectivity index (χ3n) is 4.71. The molecule has 2 aliphatic rings. The van der Waals surface area contributed by atoms with Crippen LogP contribution >= 0.6 is 0 Å². The van der Waals surface area contributed by atoms with Crippen LogP contribution in [0.2, 0.25) is 0 Å². The number of nitrogen functional groups attached to an aromatic ring is 1. The van der Waals surface area contributed by atoms with E-state index in [9.17, 15) is 0 Å². The van der Waals surface area contributed by atoms with Gasteiger partial charge < -0.3 is 25.5 Å². The summed E-state index contributed by atoms with van der Waals surface area (Å²) in [6.45, 7) is 4.81. The average Bonchev–Trinajstić information content (AvgIpc) is 3.12. The molecule has 9 heteroatoms. The van der Waals surface area contributed by atoms with Gasteiger partial charge in [0.2, 0.25) is 6.79 Å². The van der Waals surface area contributed by atoms with Crippen molar-refractivity contribution in [3.05, 3.63) is 30.1 Å². The predicted octanol–water partition coefficient (Wildman–Crippen LogP) is 0.998. The van der Waals surface area contributed by atoms with Gasteiger partial charge in [-0.2, -0.15) is 0 Å². The molecule has 1 fully saturated rings. The molecular formula is C18H25N7O2. The maximum absolute atomic E-state index is 6.28. The van der Waals surface area contributed by atoms with E-state index in [1.54, 1.807) is 6.33 Å². The van der Waals surface area contributed by atoms with Gasteiger partial charge in [0.15, 0.2) is 23.1 Å². The molecule has 3 N–H and O–H groups in total. The zero-order valence-corrected chi connectivity index (χ0v) is 15.7. The normalized spacial score (nSPS) is 16.8. The summed E-state index contributed by atoms with van der Waals surface area (Å²) in [5.74, 6) is 3.08. The average molecular weight is 371 g/mol. The van der Waals surface area contributed by atoms with E-state index in [0.717, 1.165) is 50.0 Å². The van der Waals surface area contributed by atoms with Gasteiger partial charge in [0.1, 0.15) is 12.0 Å². The van der Waals surface area contributed by atoms with E-state index >= 15 is 0 Å². The molecule has 3 heterocycles. The number of aromatic nitrogens is 2. The van der Waals surface area contributed by atoms with Crippen molar-refractivity contribution in [1.29, 1.82) is 0 Å². The molecule has 1 aromatic carbocycles. The van der Waals surface area contributed by atoms with Gasteiger partial charge in [0.05, 0.1) is 0 Å². The molecule has 0 amide bonds. The van der Waals surface area contributed by atoms with Crippen LogP contribution in [0.15, 0.2) is 24.5 Å². The number of fused-ring (bicyclic) bond motifs is 1. The standard InChI is InChI=1S/C18H25N7O2/c1-23(2)22-17-16(19)18(21-11-20-17)25-7-5-24(6-8-25)10-13-3-4-14-15(9-13)27-12-26-14/h3-4,9,11H,5-8,10,12,19H2,1-2H3,(H,20,21,22). The number of nitrogens with two attached hydrogens (primary N) is 1. The van der Waals surface area contributed by atoms with Crippen LogP contribution in [0.4, 0.5) is 17.3 Å². The molecule has 0 saturated carbocycles. The van der Waals surface area contributed by atoms with Crippen molar-refractivity contribution in [3.8, 4) is 11.5 Å². The van der Waals surface area contributed by atoms with Gasteiger partial charge in [0.25, 0.3) is 0 Å². The van der Waals surface area contributed by atoms with Crippen LogP contribution in [-0.4, -0.2) is 66.9 Å². The monoisotopic (exact) mass is 371 g/mol. The third kappa shape index (κ3) is 3.83. The van der Waals surface area contributed by atoms with Crippen LogP contribution in [0.3, 0.4) is 0 Å². The Morgan fingerprint density at radius 2 is 1.89 bits per heavy atom. The second-order valence-electron chi connectivity index (χ2n) is 6.92. The molecule has 27 heavy (non-hydrogen) atoms. The molecule has 144 valence electrons. The van der Waals surface area contributed by atoms with Crippen LogP contribution in [-0.2, 0) is 6.54 Å². The Bertz CT molecular complexity index is 806. The zero-order valence-electron chi connectivity index (χ0n) is 15.7. The number of hydrogen-bond donors (Lipinski definition) is 2. The quantitative estimate of drug-likeness (QED) is 0.747. The Labute approximate surface area is 158 Å². The van der Waals surface area contributed by atoms with Crippen molar-refractivity contribution < 1.29 is 9.47 Å². The van der Waals surface area contributed by atoms with E-state index in [1.807, 2.05) is 25.2 Å². The van der Waals surface area contributed by atoms with Crippen molar-refractivity contribution in [1.82, 2.24) is 19.9 Å². The highest BCUT2D eigenvalue weighted by Crippen LogP contribution is 2.33. The van der Waals surface area contributed by atoms with Crippen LogP contribution in [0, 0.1) is 0 Å². The first-order valence-electron chi connectivity index (χ1n) is 9.00. The van der Waals surface area contributed by atoms with Crippen LogP contribution in [0.5, 0.6) is 11.5 Å². The van der Waals surface area contributed by atoms with Crippen LogP contribution in [0.25, 0.3) is 0 Å². The van der Waals surface area contributed by atoms with Crippen LogP contribution < -0.4 is 25.5 Å². The first-order valence-corrected chi connectivity index (χ1v) is 9.00. The smallest absolute Gasteiger partial charge is 0.231 e. The molecule has 2 aromatic rings. The topological polar surface area (TPSA) is 92.0 Å². The van der Waals surface area contributed by atoms with Crippen molar-refractivity contribution >= 4 is 17.3 Å². The lowest BCUT2D eigenvalue weighted by molar-refractivity contribution is 0.174. The van der Waals surface area contributed by atoms with Gasteiger partial charge >= 0.3 is 0 Å². The summed E-state index contributed by atoms with van der Waals surface area (Å²) in [7, 11) is 3.80. The fourth-order valence-electron chi connectivity index (χ4n) is 3.35. The molecule has 0 aliphatic carbocycles. The Hall–Kier alpha value is -2.78. The first kappa shape index (κ1) is 17.6. The van der Waals surface area contributed by atoms with E-state index in [4.69, 9.17) is 15.2 Å². The highest BCUT2D eigenvalue weighted by Gasteiger charge is 2.22. The Morgan fingerprint density at radius 1 is 1.11 bits per heavy atom. The second-order valence-corrected chi connectivity index (χ2v) is 6.92. The predicted molar refractivity (Wildman–Crippen MR) is 104 cm³/mol. The number of hydrazine groups is 1. The minimum atomic E-state index is 0.308. The molecular weight excluding hydrogens is 346 g/mol. The van der Waals surface area contributed by atoms with Gasteiger partial charge in [-0.25, -0.2) is 15.0 Å². The fourth-order valence-corrected chi connectivity index (χ4v) is 3.35. The molecule has 0 atom stereocenters. The number of benzene rings is 1. The number of hydrogen-bond acceptors (Lipinski definition) is 9. The summed E-state index contributed by atoms with van der Waals surface area (Å²) in [5, 5.41) is 1.81. The van der Waals surface area contributed by atoms with Gasteiger partial charge in [0, 0.05) is 46.8 Å². The summed E-state index contributed by atoms with van der Waals surface area (Å²) in [4.78, 5) is 13.3. The summed E-state index contributed by atoms with van der Waals surface area (Å²) >= 11 is 0. The van der Waals surface area contributed by atoms with E-state index in [0.29, 0.717) is 18.3 Å². The van der Waals surface area contributed by atoms with Crippen molar-refractivity contribution in [3.63, 3.8) is 0 Å². The summed E-state index contributed by atoms with van der Waals surface area (Å²) in [6.07, 6.45) is 1.55. The van der Waals surface area contributed by atoms with E-state index in [-0.39, 0.29) is 0 Å². The molecule has 0 unspecified atom stereocenters. The van der Waals surface area contributed by atoms with Crippen molar-refractivity contribution in [2.45, 2.75) is 6.54 Å². The Morgan fingerprint density at radius 3 is 2.67 bits per heavy atom. The highest BCUT2D eigenvalue weighted by molar-refractivity contribution is 5.74. The maximum atomic E-state index is 6.28. The van der Waals surface area contributed by atoms with Crippen LogP contribution in [0.1, 0.15) is 5.56 Å². The van der Waals surface area contributed by atoms with Crippen molar-refractivity contribution in [2.24, 2.45) is 0 Å². The number of anilines is 3. The van der Waals surface area contributed by atoms with E-state index in [2.05, 4.69) is 37.3 Å². The number of nitrogens with one attached hydrogen (secondary N) is 1. The van der Waals surface area contributed by atoms with E-state index < -0.39 is 0 Å². The van der Waals surface area contributed by atoms with Crippen molar-refractivity contribution in [2.75, 3.05) is 63.1 Å². The fraction of sp³-hybridized carbons (Fsp3) is 0.444.